The molecule has 5 nitrogen and oxygen atoms in total. The highest BCUT2D eigenvalue weighted by molar-refractivity contribution is 5.85. The average molecular weight is 286 g/mol. The number of carbonyl (C=O) groups is 2. The third-order valence-electron chi connectivity index (χ3n) is 2.71. The van der Waals surface area contributed by atoms with Crippen LogP contribution in [-0.4, -0.2) is 27.5 Å². The lowest BCUT2D eigenvalue weighted by Crippen LogP contribution is -2.51. The molecule has 0 aliphatic heterocycles. The van der Waals surface area contributed by atoms with E-state index in [0.29, 0.717) is 6.07 Å². The van der Waals surface area contributed by atoms with E-state index in [1.807, 2.05) is 0 Å². The van der Waals surface area contributed by atoms with Gasteiger partial charge in [-0.15, -0.1) is 0 Å². The normalized spacial score (nSPS) is 12.8. The number of benzene rings is 1. The Bertz CT molecular complexity index is 541. The maximum absolute atomic E-state index is 13.8. The van der Waals surface area contributed by atoms with Crippen LogP contribution in [0.25, 0.3) is 0 Å². The molecule has 0 radical (unpaired) electrons. The van der Waals surface area contributed by atoms with Crippen LogP contribution >= 0.6 is 0 Å². The first-order valence-corrected chi connectivity index (χ1v) is 5.82. The van der Waals surface area contributed by atoms with Crippen LogP contribution < -0.4 is 5.73 Å². The Balaban J connectivity index is 3.43. The molecule has 1 aromatic carbocycles. The summed E-state index contributed by atoms with van der Waals surface area (Å²) in [6.45, 7) is 4.62. The zero-order chi connectivity index (χ0) is 15.7. The van der Waals surface area contributed by atoms with Crippen molar-refractivity contribution in [1.29, 1.82) is 0 Å². The van der Waals surface area contributed by atoms with Crippen LogP contribution in [0.15, 0.2) is 18.2 Å². The van der Waals surface area contributed by atoms with Crippen molar-refractivity contribution in [3.63, 3.8) is 0 Å². The van der Waals surface area contributed by atoms with Crippen LogP contribution in [0.1, 0.15) is 32.4 Å². The van der Waals surface area contributed by atoms with E-state index in [2.05, 4.69) is 0 Å². The van der Waals surface area contributed by atoms with Gasteiger partial charge in [0, 0.05) is 17.2 Å². The molecule has 7 heteroatoms. The Hall–Kier alpha value is -2.18. The van der Waals surface area contributed by atoms with E-state index in [0.717, 1.165) is 17.0 Å². The van der Waals surface area contributed by atoms with Gasteiger partial charge in [-0.3, -0.25) is 9.69 Å². The highest BCUT2D eigenvalue weighted by atomic mass is 19.1. The first kappa shape index (κ1) is 15.9. The molecule has 1 aromatic rings. The number of rotatable bonds is 3. The van der Waals surface area contributed by atoms with Crippen molar-refractivity contribution < 1.29 is 23.5 Å². The molecule has 1 unspecified atom stereocenters. The molecule has 0 aliphatic rings. The highest BCUT2D eigenvalue weighted by Crippen LogP contribution is 2.30. The van der Waals surface area contributed by atoms with Crippen molar-refractivity contribution >= 4 is 12.0 Å². The monoisotopic (exact) mass is 286 g/mol. The molecular weight excluding hydrogens is 270 g/mol. The lowest BCUT2D eigenvalue weighted by atomic mass is 9.97. The van der Waals surface area contributed by atoms with E-state index in [-0.39, 0.29) is 5.56 Å². The fourth-order valence-electron chi connectivity index (χ4n) is 1.93. The molecule has 0 fully saturated rings. The van der Waals surface area contributed by atoms with Crippen LogP contribution in [0.3, 0.4) is 0 Å². The first-order chi connectivity index (χ1) is 9.05. The standard InChI is InChI=1S/C13H16F2N2O3/c1-13(2,3)17(12(19)20)10(11(16)18)8-5-4-7(14)6-9(8)15/h4-6,10H,1-3H3,(H2,16,18)(H,19,20). The van der Waals surface area contributed by atoms with Gasteiger partial charge in [0.1, 0.15) is 17.7 Å². The number of amides is 2. The van der Waals surface area contributed by atoms with Gasteiger partial charge in [-0.25, -0.2) is 13.6 Å². The summed E-state index contributed by atoms with van der Waals surface area (Å²) in [7, 11) is 0. The van der Waals surface area contributed by atoms with Gasteiger partial charge in [-0.1, -0.05) is 6.07 Å². The number of carbonyl (C=O) groups excluding carboxylic acids is 1. The Morgan fingerprint density at radius 3 is 2.20 bits per heavy atom. The molecule has 1 atom stereocenters. The van der Waals surface area contributed by atoms with E-state index in [4.69, 9.17) is 5.73 Å². The van der Waals surface area contributed by atoms with Crippen LogP contribution in [0.5, 0.6) is 0 Å². The van der Waals surface area contributed by atoms with Gasteiger partial charge < -0.3 is 10.8 Å². The molecular formula is C13H16F2N2O3. The second kappa shape index (κ2) is 5.44. The SMILES string of the molecule is CC(C)(C)N(C(=O)O)C(C(N)=O)c1ccc(F)cc1F. The third-order valence-corrected chi connectivity index (χ3v) is 2.71. The Morgan fingerprint density at radius 2 is 1.85 bits per heavy atom. The minimum atomic E-state index is -1.53. The summed E-state index contributed by atoms with van der Waals surface area (Å²) in [6, 6.07) is 1.00. The largest absolute Gasteiger partial charge is 0.465 e. The van der Waals surface area contributed by atoms with Crippen molar-refractivity contribution in [3.8, 4) is 0 Å². The zero-order valence-corrected chi connectivity index (χ0v) is 11.4. The quantitative estimate of drug-likeness (QED) is 0.894. The summed E-state index contributed by atoms with van der Waals surface area (Å²) in [6.07, 6.45) is -1.43. The summed E-state index contributed by atoms with van der Waals surface area (Å²) >= 11 is 0. The van der Waals surface area contributed by atoms with Gasteiger partial charge in [0.15, 0.2) is 0 Å². The topological polar surface area (TPSA) is 83.6 Å². The zero-order valence-electron chi connectivity index (χ0n) is 11.4. The number of nitrogens with two attached hydrogens (primary N) is 1. The van der Waals surface area contributed by atoms with E-state index in [9.17, 15) is 23.5 Å². The van der Waals surface area contributed by atoms with Crippen LogP contribution in [-0.2, 0) is 4.79 Å². The van der Waals surface area contributed by atoms with E-state index in [1.54, 1.807) is 20.8 Å². The molecule has 0 saturated heterocycles. The molecule has 3 N–H and O–H groups in total. The number of halogens is 2. The van der Waals surface area contributed by atoms with Crippen molar-refractivity contribution in [3.05, 3.63) is 35.4 Å². The second-order valence-electron chi connectivity index (χ2n) is 5.29. The summed E-state index contributed by atoms with van der Waals surface area (Å²) in [4.78, 5) is 23.7. The van der Waals surface area contributed by atoms with Crippen LogP contribution in [0.4, 0.5) is 13.6 Å². The minimum absolute atomic E-state index is 0.281. The molecule has 0 bridgehead atoms. The smallest absolute Gasteiger partial charge is 0.408 e. The first-order valence-electron chi connectivity index (χ1n) is 5.82. The number of hydrogen-bond donors (Lipinski definition) is 2. The van der Waals surface area contributed by atoms with Gasteiger partial charge in [-0.2, -0.15) is 0 Å². The molecule has 0 spiro atoms. The summed E-state index contributed by atoms with van der Waals surface area (Å²) in [5, 5.41) is 9.26. The number of primary amides is 1. The Morgan fingerprint density at radius 1 is 1.30 bits per heavy atom. The van der Waals surface area contributed by atoms with Gasteiger partial charge in [0.25, 0.3) is 0 Å². The summed E-state index contributed by atoms with van der Waals surface area (Å²) in [5.74, 6) is -2.88. The Kier molecular flexibility index (Phi) is 4.32. The fraction of sp³-hybridized carbons (Fsp3) is 0.385. The summed E-state index contributed by atoms with van der Waals surface area (Å²) < 4.78 is 26.7. The van der Waals surface area contributed by atoms with Crippen molar-refractivity contribution in [2.75, 3.05) is 0 Å². The van der Waals surface area contributed by atoms with Crippen molar-refractivity contribution in [2.24, 2.45) is 5.73 Å². The van der Waals surface area contributed by atoms with E-state index in [1.165, 1.54) is 0 Å². The highest BCUT2D eigenvalue weighted by Gasteiger charge is 2.38. The van der Waals surface area contributed by atoms with E-state index < -0.39 is 35.2 Å². The molecule has 0 aromatic heterocycles. The van der Waals surface area contributed by atoms with E-state index >= 15 is 0 Å². The van der Waals surface area contributed by atoms with Gasteiger partial charge >= 0.3 is 6.09 Å². The average Bonchev–Trinajstić information content (AvgIpc) is 2.23. The summed E-state index contributed by atoms with van der Waals surface area (Å²) in [5.41, 5.74) is 3.93. The number of carboxylic acid groups (broad SMARTS) is 1. The molecule has 0 saturated carbocycles. The maximum Gasteiger partial charge on any atom is 0.408 e. The fourth-order valence-corrected chi connectivity index (χ4v) is 1.93. The van der Waals surface area contributed by atoms with Gasteiger partial charge in [0.2, 0.25) is 5.91 Å². The minimum Gasteiger partial charge on any atom is -0.465 e. The van der Waals surface area contributed by atoms with Gasteiger partial charge in [0.05, 0.1) is 0 Å². The van der Waals surface area contributed by atoms with Crippen LogP contribution in [0, 0.1) is 11.6 Å². The van der Waals surface area contributed by atoms with Crippen molar-refractivity contribution in [1.82, 2.24) is 4.90 Å². The molecule has 0 aliphatic carbocycles. The second-order valence-corrected chi connectivity index (χ2v) is 5.29. The third kappa shape index (κ3) is 3.23. The predicted octanol–water partition coefficient (Wildman–Crippen LogP) is 2.27. The molecule has 2 amide bonds. The van der Waals surface area contributed by atoms with Crippen LogP contribution in [0.2, 0.25) is 0 Å². The Labute approximate surface area is 115 Å². The molecule has 0 heterocycles. The molecule has 1 rings (SSSR count). The van der Waals surface area contributed by atoms with Gasteiger partial charge in [-0.05, 0) is 26.8 Å². The number of nitrogens with zero attached hydrogens (tertiary/aromatic N) is 1. The lowest BCUT2D eigenvalue weighted by Gasteiger charge is -2.38. The number of hydrogen-bond acceptors (Lipinski definition) is 2. The molecule has 110 valence electrons. The molecule has 20 heavy (non-hydrogen) atoms. The predicted molar refractivity (Wildman–Crippen MR) is 67.9 cm³/mol. The lowest BCUT2D eigenvalue weighted by molar-refractivity contribution is -0.124. The maximum atomic E-state index is 13.8. The van der Waals surface area contributed by atoms with Crippen molar-refractivity contribution in [2.45, 2.75) is 32.4 Å².